The van der Waals surface area contributed by atoms with Gasteiger partial charge in [-0.2, -0.15) is 5.10 Å². The first-order chi connectivity index (χ1) is 7.17. The van der Waals surface area contributed by atoms with Crippen LogP contribution in [-0.4, -0.2) is 15.8 Å². The van der Waals surface area contributed by atoms with E-state index in [0.717, 1.165) is 18.7 Å². The fourth-order valence-corrected chi connectivity index (χ4v) is 1.48. The fourth-order valence-electron chi connectivity index (χ4n) is 1.48. The minimum Gasteiger partial charge on any atom is -0.380 e. The van der Waals surface area contributed by atoms with Gasteiger partial charge in [-0.15, -0.1) is 6.58 Å². The van der Waals surface area contributed by atoms with Crippen molar-refractivity contribution in [3.63, 3.8) is 0 Å². The monoisotopic (exact) mass is 207 g/mol. The van der Waals surface area contributed by atoms with E-state index in [1.165, 1.54) is 0 Å². The second kappa shape index (κ2) is 5.59. The largest absolute Gasteiger partial charge is 0.380 e. The number of hydrogen-bond donors (Lipinski definition) is 1. The average Bonchev–Trinajstić information content (AvgIpc) is 2.66. The normalized spacial score (nSPS) is 14.6. The van der Waals surface area contributed by atoms with E-state index >= 15 is 0 Å². The summed E-state index contributed by atoms with van der Waals surface area (Å²) in [7, 11) is 0. The molecule has 0 aromatic carbocycles. The summed E-state index contributed by atoms with van der Waals surface area (Å²) < 4.78 is 1.92. The van der Waals surface area contributed by atoms with Crippen molar-refractivity contribution in [3.8, 4) is 0 Å². The molecule has 1 N–H and O–H groups in total. The number of allylic oxidation sites excluding steroid dienone is 1. The Kier molecular flexibility index (Phi) is 4.40. The van der Waals surface area contributed by atoms with Crippen molar-refractivity contribution in [1.29, 1.82) is 0 Å². The Morgan fingerprint density at radius 1 is 1.60 bits per heavy atom. The molecule has 2 unspecified atom stereocenters. The van der Waals surface area contributed by atoms with Crippen molar-refractivity contribution in [2.75, 3.05) is 5.32 Å². The summed E-state index contributed by atoms with van der Waals surface area (Å²) in [5.41, 5.74) is 1.10. The Bertz CT molecular complexity index is 304. The lowest BCUT2D eigenvalue weighted by atomic mass is 10.00. The van der Waals surface area contributed by atoms with Gasteiger partial charge in [0.05, 0.1) is 11.9 Å². The molecule has 84 valence electrons. The van der Waals surface area contributed by atoms with Crippen molar-refractivity contribution in [3.05, 3.63) is 25.0 Å². The Morgan fingerprint density at radius 2 is 2.33 bits per heavy atom. The summed E-state index contributed by atoms with van der Waals surface area (Å²) in [4.78, 5) is 0. The summed E-state index contributed by atoms with van der Waals surface area (Å²) in [5.74, 6) is 0.590. The summed E-state index contributed by atoms with van der Waals surface area (Å²) in [6, 6.07) is 0.442. The molecule has 1 heterocycles. The van der Waals surface area contributed by atoms with Gasteiger partial charge < -0.3 is 5.32 Å². The van der Waals surface area contributed by atoms with Gasteiger partial charge in [0.15, 0.2) is 0 Å². The Morgan fingerprint density at radius 3 is 2.87 bits per heavy atom. The highest BCUT2D eigenvalue weighted by Crippen LogP contribution is 2.14. The molecule has 0 radical (unpaired) electrons. The van der Waals surface area contributed by atoms with Gasteiger partial charge in [0.1, 0.15) is 0 Å². The zero-order chi connectivity index (χ0) is 11.3. The quantitative estimate of drug-likeness (QED) is 0.727. The van der Waals surface area contributed by atoms with Gasteiger partial charge in [-0.25, -0.2) is 0 Å². The smallest absolute Gasteiger partial charge is 0.0728 e. The summed E-state index contributed by atoms with van der Waals surface area (Å²) in [6.07, 6.45) is 6.92. The first kappa shape index (κ1) is 11.8. The minimum absolute atomic E-state index is 0.442. The van der Waals surface area contributed by atoms with Gasteiger partial charge in [0, 0.05) is 18.8 Å². The van der Waals surface area contributed by atoms with Gasteiger partial charge in [0.25, 0.3) is 0 Å². The third-order valence-electron chi connectivity index (χ3n) is 2.74. The van der Waals surface area contributed by atoms with Crippen LogP contribution in [0.2, 0.25) is 0 Å². The van der Waals surface area contributed by atoms with Crippen LogP contribution in [0.5, 0.6) is 0 Å². The lowest BCUT2D eigenvalue weighted by Crippen LogP contribution is -2.23. The second-order valence-electron chi connectivity index (χ2n) is 4.02. The van der Waals surface area contributed by atoms with Gasteiger partial charge >= 0.3 is 0 Å². The Hall–Kier alpha value is -1.25. The zero-order valence-corrected chi connectivity index (χ0v) is 9.90. The number of hydrogen-bond acceptors (Lipinski definition) is 2. The molecule has 15 heavy (non-hydrogen) atoms. The number of anilines is 1. The number of aromatic nitrogens is 2. The van der Waals surface area contributed by atoms with Crippen molar-refractivity contribution in [2.24, 2.45) is 5.92 Å². The van der Waals surface area contributed by atoms with E-state index in [0.29, 0.717) is 12.0 Å². The maximum atomic E-state index is 4.23. The molecular formula is C12H21N3. The van der Waals surface area contributed by atoms with Crippen LogP contribution in [0.3, 0.4) is 0 Å². The van der Waals surface area contributed by atoms with Gasteiger partial charge in [-0.05, 0) is 26.2 Å². The minimum atomic E-state index is 0.442. The van der Waals surface area contributed by atoms with Gasteiger partial charge in [-0.3, -0.25) is 4.68 Å². The van der Waals surface area contributed by atoms with Crippen LogP contribution in [-0.2, 0) is 6.54 Å². The van der Waals surface area contributed by atoms with Crippen LogP contribution in [0.4, 0.5) is 5.69 Å². The van der Waals surface area contributed by atoms with Gasteiger partial charge in [0.2, 0.25) is 0 Å². The fraction of sp³-hybridized carbons (Fsp3) is 0.583. The number of aryl methyl sites for hydroxylation is 1. The van der Waals surface area contributed by atoms with Crippen molar-refractivity contribution in [2.45, 2.75) is 39.8 Å². The molecule has 2 atom stereocenters. The van der Waals surface area contributed by atoms with E-state index in [1.54, 1.807) is 0 Å². The van der Waals surface area contributed by atoms with Crippen molar-refractivity contribution < 1.29 is 0 Å². The molecule has 0 bridgehead atoms. The van der Waals surface area contributed by atoms with Crippen LogP contribution in [0, 0.1) is 5.92 Å². The molecule has 0 saturated carbocycles. The lowest BCUT2D eigenvalue weighted by molar-refractivity contribution is 0.517. The molecule has 3 heteroatoms. The second-order valence-corrected chi connectivity index (χ2v) is 4.02. The van der Waals surface area contributed by atoms with Crippen LogP contribution >= 0.6 is 0 Å². The number of nitrogens with zero attached hydrogens (tertiary/aromatic N) is 2. The summed E-state index contributed by atoms with van der Waals surface area (Å²) in [5, 5.41) is 7.68. The first-order valence-electron chi connectivity index (χ1n) is 5.57. The lowest BCUT2D eigenvalue weighted by Gasteiger charge is -2.19. The third kappa shape index (κ3) is 3.42. The molecule has 0 amide bonds. The van der Waals surface area contributed by atoms with Crippen molar-refractivity contribution in [1.82, 2.24) is 9.78 Å². The molecular weight excluding hydrogens is 186 g/mol. The molecule has 0 aliphatic rings. The highest BCUT2D eigenvalue weighted by Gasteiger charge is 2.10. The van der Waals surface area contributed by atoms with E-state index in [4.69, 9.17) is 0 Å². The first-order valence-corrected chi connectivity index (χ1v) is 5.57. The molecule has 3 nitrogen and oxygen atoms in total. The third-order valence-corrected chi connectivity index (χ3v) is 2.74. The standard InChI is InChI=1S/C12H21N3/c1-5-7-10(3)11(4)14-12-8-13-15(6-2)9-12/h5,8-11,14H,1,6-7H2,2-4H3. The van der Waals surface area contributed by atoms with Crippen LogP contribution < -0.4 is 5.32 Å². The van der Waals surface area contributed by atoms with Crippen molar-refractivity contribution >= 4 is 5.69 Å². The van der Waals surface area contributed by atoms with Crippen LogP contribution in [0.15, 0.2) is 25.0 Å². The summed E-state index contributed by atoms with van der Waals surface area (Å²) >= 11 is 0. The summed E-state index contributed by atoms with van der Waals surface area (Å²) in [6.45, 7) is 11.2. The zero-order valence-electron chi connectivity index (χ0n) is 9.90. The topological polar surface area (TPSA) is 29.9 Å². The highest BCUT2D eigenvalue weighted by molar-refractivity contribution is 5.39. The van der Waals surface area contributed by atoms with Crippen LogP contribution in [0.1, 0.15) is 27.2 Å². The van der Waals surface area contributed by atoms with E-state index < -0.39 is 0 Å². The van der Waals surface area contributed by atoms with E-state index in [9.17, 15) is 0 Å². The maximum Gasteiger partial charge on any atom is 0.0728 e. The molecule has 1 rings (SSSR count). The highest BCUT2D eigenvalue weighted by atomic mass is 15.3. The molecule has 1 aromatic heterocycles. The Balaban J connectivity index is 2.49. The predicted molar refractivity (Wildman–Crippen MR) is 65.0 cm³/mol. The Labute approximate surface area is 92.2 Å². The average molecular weight is 207 g/mol. The molecule has 0 aliphatic carbocycles. The number of nitrogens with one attached hydrogen (secondary N) is 1. The SMILES string of the molecule is C=CCC(C)C(C)Nc1cnn(CC)c1. The van der Waals surface area contributed by atoms with Gasteiger partial charge in [-0.1, -0.05) is 13.0 Å². The molecule has 1 aromatic rings. The van der Waals surface area contributed by atoms with E-state index in [1.807, 2.05) is 23.2 Å². The molecule has 0 aliphatic heterocycles. The molecule has 0 fully saturated rings. The number of rotatable bonds is 6. The van der Waals surface area contributed by atoms with Crippen LogP contribution in [0.25, 0.3) is 0 Å². The van der Waals surface area contributed by atoms with E-state index in [2.05, 4.69) is 37.8 Å². The maximum absolute atomic E-state index is 4.23. The molecule has 0 saturated heterocycles. The predicted octanol–water partition coefficient (Wildman–Crippen LogP) is 2.92. The molecule has 0 spiro atoms. The van der Waals surface area contributed by atoms with E-state index in [-0.39, 0.29) is 0 Å².